The fraction of sp³-hybridized carbons (Fsp3) is 0.875. The van der Waals surface area contributed by atoms with E-state index in [-0.39, 0.29) is 0 Å². The molecule has 0 aliphatic carbocycles. The molecule has 2 saturated heterocycles. The summed E-state index contributed by atoms with van der Waals surface area (Å²) in [5.41, 5.74) is 0. The summed E-state index contributed by atoms with van der Waals surface area (Å²) >= 11 is 1.55. The van der Waals surface area contributed by atoms with E-state index < -0.39 is 0 Å². The molecule has 1 aromatic rings. The van der Waals surface area contributed by atoms with Crippen LogP contribution in [0.15, 0.2) is 0 Å². The van der Waals surface area contributed by atoms with E-state index in [0.29, 0.717) is 12.6 Å². The fourth-order valence-electron chi connectivity index (χ4n) is 3.55. The average Bonchev–Trinajstić information content (AvgIpc) is 2.86. The lowest BCUT2D eigenvalue weighted by atomic mass is 10.0. The van der Waals surface area contributed by atoms with Crippen molar-refractivity contribution in [3.8, 4) is 0 Å². The zero-order chi connectivity index (χ0) is 15.2. The van der Waals surface area contributed by atoms with Gasteiger partial charge in [0.15, 0.2) is 0 Å². The largest absolute Gasteiger partial charge is 0.384 e. The number of anilines is 1. The van der Waals surface area contributed by atoms with Gasteiger partial charge in [-0.15, -0.1) is 0 Å². The van der Waals surface area contributed by atoms with Gasteiger partial charge in [0.1, 0.15) is 5.82 Å². The molecule has 2 aliphatic rings. The van der Waals surface area contributed by atoms with Crippen molar-refractivity contribution in [2.24, 2.45) is 0 Å². The lowest BCUT2D eigenvalue weighted by Gasteiger charge is -2.38. The maximum absolute atomic E-state index is 5.11. The molecular weight excluding hydrogens is 296 g/mol. The number of hydrogen-bond acceptors (Lipinski definition) is 6. The van der Waals surface area contributed by atoms with Crippen molar-refractivity contribution in [2.45, 2.75) is 51.0 Å². The van der Waals surface area contributed by atoms with Crippen LogP contribution in [0.5, 0.6) is 0 Å². The van der Waals surface area contributed by atoms with Gasteiger partial charge in [0.05, 0.1) is 6.61 Å². The van der Waals surface area contributed by atoms with Crippen molar-refractivity contribution in [1.82, 2.24) is 14.3 Å². The normalized spacial score (nSPS) is 24.4. The van der Waals surface area contributed by atoms with Crippen molar-refractivity contribution in [2.75, 3.05) is 44.8 Å². The van der Waals surface area contributed by atoms with Crippen LogP contribution in [0.1, 0.15) is 44.3 Å². The molecule has 124 valence electrons. The van der Waals surface area contributed by atoms with Crippen LogP contribution >= 0.6 is 11.5 Å². The predicted octanol–water partition coefficient (Wildman–Crippen LogP) is 2.57. The third kappa shape index (κ3) is 4.18. The van der Waals surface area contributed by atoms with Crippen molar-refractivity contribution >= 4 is 16.7 Å². The van der Waals surface area contributed by atoms with E-state index >= 15 is 0 Å². The van der Waals surface area contributed by atoms with Gasteiger partial charge in [-0.05, 0) is 38.8 Å². The van der Waals surface area contributed by atoms with Gasteiger partial charge in [0.25, 0.3) is 0 Å². The number of piperidine rings is 1. The second-order valence-corrected chi connectivity index (χ2v) is 7.16. The minimum Gasteiger partial charge on any atom is -0.384 e. The number of hydrogen-bond donors (Lipinski definition) is 0. The summed E-state index contributed by atoms with van der Waals surface area (Å²) in [6, 6.07) is 0.707. The molecule has 1 atom stereocenters. The summed E-state index contributed by atoms with van der Waals surface area (Å²) in [4.78, 5) is 9.88. The van der Waals surface area contributed by atoms with Crippen molar-refractivity contribution in [3.05, 3.63) is 5.82 Å². The van der Waals surface area contributed by atoms with Gasteiger partial charge < -0.3 is 9.64 Å². The highest BCUT2D eigenvalue weighted by atomic mass is 32.1. The van der Waals surface area contributed by atoms with E-state index in [2.05, 4.69) is 14.2 Å². The highest BCUT2D eigenvalue weighted by Gasteiger charge is 2.27. The Labute approximate surface area is 137 Å². The second-order valence-electron chi connectivity index (χ2n) is 6.43. The smallest absolute Gasteiger partial charge is 0.205 e. The summed E-state index contributed by atoms with van der Waals surface area (Å²) in [5.74, 6) is 0.929. The highest BCUT2D eigenvalue weighted by molar-refractivity contribution is 7.09. The summed E-state index contributed by atoms with van der Waals surface area (Å²) in [6.45, 7) is 5.52. The molecule has 2 aliphatic heterocycles. The molecule has 5 nitrogen and oxygen atoms in total. The third-order valence-electron chi connectivity index (χ3n) is 4.81. The highest BCUT2D eigenvalue weighted by Crippen LogP contribution is 2.25. The summed E-state index contributed by atoms with van der Waals surface area (Å²) in [7, 11) is 1.73. The number of nitrogens with zero attached hydrogens (tertiary/aromatic N) is 4. The first-order valence-corrected chi connectivity index (χ1v) is 9.44. The topological polar surface area (TPSA) is 41.5 Å². The standard InChI is InChI=1S/C16H28N4OS/c1-21-12-8-15-17-16(22-18-15)20-11-6-7-14(13-20)19-9-4-2-3-5-10-19/h14H,2-13H2,1H3. The number of aromatic nitrogens is 2. The van der Waals surface area contributed by atoms with E-state index in [1.54, 1.807) is 18.6 Å². The summed E-state index contributed by atoms with van der Waals surface area (Å²) < 4.78 is 9.59. The average molecular weight is 324 g/mol. The van der Waals surface area contributed by atoms with Crippen molar-refractivity contribution in [1.29, 1.82) is 0 Å². The third-order valence-corrected chi connectivity index (χ3v) is 5.63. The van der Waals surface area contributed by atoms with E-state index in [4.69, 9.17) is 9.72 Å². The van der Waals surface area contributed by atoms with E-state index in [1.165, 1.54) is 51.6 Å². The first-order chi connectivity index (χ1) is 10.9. The molecule has 6 heteroatoms. The number of rotatable bonds is 5. The minimum absolute atomic E-state index is 0.701. The second kappa shape index (κ2) is 8.22. The molecule has 1 aromatic heterocycles. The Hall–Kier alpha value is -0.720. The van der Waals surface area contributed by atoms with Crippen LogP contribution < -0.4 is 4.90 Å². The van der Waals surface area contributed by atoms with E-state index in [9.17, 15) is 0 Å². The van der Waals surface area contributed by atoms with Gasteiger partial charge in [-0.2, -0.15) is 4.37 Å². The lowest BCUT2D eigenvalue weighted by molar-refractivity contribution is 0.182. The maximum atomic E-state index is 5.11. The molecule has 0 amide bonds. The lowest BCUT2D eigenvalue weighted by Crippen LogP contribution is -2.48. The first-order valence-electron chi connectivity index (χ1n) is 8.67. The summed E-state index contributed by atoms with van der Waals surface area (Å²) in [5, 5.41) is 1.10. The van der Waals surface area contributed by atoms with Crippen LogP contribution in [-0.2, 0) is 11.2 Å². The molecule has 2 fully saturated rings. The SMILES string of the molecule is COCCc1nsc(N2CCCC(N3CCCCCC3)C2)n1. The molecule has 22 heavy (non-hydrogen) atoms. The zero-order valence-corrected chi connectivity index (χ0v) is 14.5. The van der Waals surface area contributed by atoms with Crippen LogP contribution in [0.25, 0.3) is 0 Å². The van der Waals surface area contributed by atoms with Gasteiger partial charge in [-0.3, -0.25) is 4.90 Å². The minimum atomic E-state index is 0.701. The molecule has 0 spiro atoms. The molecular formula is C16H28N4OS. The van der Waals surface area contributed by atoms with Gasteiger partial charge in [0, 0.05) is 44.2 Å². The number of methoxy groups -OCH3 is 1. The fourth-order valence-corrected chi connectivity index (χ4v) is 4.30. The molecule has 3 rings (SSSR count). The Morgan fingerprint density at radius 1 is 1.14 bits per heavy atom. The van der Waals surface area contributed by atoms with Crippen LogP contribution in [0.4, 0.5) is 5.13 Å². The number of ether oxygens (including phenoxy) is 1. The van der Waals surface area contributed by atoms with E-state index in [0.717, 1.165) is 30.5 Å². The van der Waals surface area contributed by atoms with Crippen LogP contribution in [0.2, 0.25) is 0 Å². The molecule has 0 N–H and O–H groups in total. The van der Waals surface area contributed by atoms with Crippen molar-refractivity contribution < 1.29 is 4.74 Å². The number of likely N-dealkylation sites (tertiary alicyclic amines) is 1. The van der Waals surface area contributed by atoms with Crippen LogP contribution in [0.3, 0.4) is 0 Å². The monoisotopic (exact) mass is 324 g/mol. The Bertz CT molecular complexity index is 445. The van der Waals surface area contributed by atoms with Gasteiger partial charge >= 0.3 is 0 Å². The maximum Gasteiger partial charge on any atom is 0.205 e. The molecule has 3 heterocycles. The Balaban J connectivity index is 1.58. The van der Waals surface area contributed by atoms with Gasteiger partial charge in [0.2, 0.25) is 5.13 Å². The quantitative estimate of drug-likeness (QED) is 0.833. The van der Waals surface area contributed by atoms with E-state index in [1.807, 2.05) is 0 Å². The molecule has 0 saturated carbocycles. The van der Waals surface area contributed by atoms with Crippen LogP contribution in [-0.4, -0.2) is 60.2 Å². The summed E-state index contributed by atoms with van der Waals surface area (Å²) in [6.07, 6.45) is 8.99. The molecule has 0 bridgehead atoms. The van der Waals surface area contributed by atoms with Crippen LogP contribution in [0, 0.1) is 0 Å². The molecule has 0 aromatic carbocycles. The first kappa shape index (κ1) is 16.1. The molecule has 1 unspecified atom stereocenters. The zero-order valence-electron chi connectivity index (χ0n) is 13.7. The van der Waals surface area contributed by atoms with Gasteiger partial charge in [-0.25, -0.2) is 4.98 Å². The Morgan fingerprint density at radius 3 is 2.73 bits per heavy atom. The van der Waals surface area contributed by atoms with Gasteiger partial charge in [-0.1, -0.05) is 12.8 Å². The Morgan fingerprint density at radius 2 is 1.95 bits per heavy atom. The van der Waals surface area contributed by atoms with Crippen molar-refractivity contribution in [3.63, 3.8) is 0 Å². The molecule has 0 radical (unpaired) electrons. The Kier molecular flexibility index (Phi) is 6.04. The predicted molar refractivity (Wildman–Crippen MR) is 90.8 cm³/mol.